The number of aromatic nitrogens is 2. The molecule has 0 aliphatic heterocycles. The minimum Gasteiger partial charge on any atom is -0.241 e. The lowest BCUT2D eigenvalue weighted by atomic mass is 9.94. The molecule has 1 aromatic carbocycles. The normalized spacial score (nSPS) is 12.6. The van der Waals surface area contributed by atoms with E-state index in [1.165, 1.54) is 5.56 Å². The number of aryl methyl sites for hydroxylation is 2. The molecule has 0 aliphatic carbocycles. The van der Waals surface area contributed by atoms with Gasteiger partial charge in [-0.2, -0.15) is 0 Å². The van der Waals surface area contributed by atoms with Crippen LogP contribution in [0.4, 0.5) is 0 Å². The molecule has 0 amide bonds. The van der Waals surface area contributed by atoms with Crippen LogP contribution in [0.5, 0.6) is 0 Å². The summed E-state index contributed by atoms with van der Waals surface area (Å²) in [5.74, 6) is 0.732. The molecule has 1 unspecified atom stereocenters. The van der Waals surface area contributed by atoms with Crippen LogP contribution < -0.4 is 0 Å². The van der Waals surface area contributed by atoms with Gasteiger partial charge in [0.05, 0.1) is 0 Å². The SMILES string of the molecule is [CH2]C(c1cc(CCc2ccccc2)ncn1)C(C)C. The van der Waals surface area contributed by atoms with Crippen molar-refractivity contribution in [3.8, 4) is 0 Å². The van der Waals surface area contributed by atoms with Crippen molar-refractivity contribution in [3.63, 3.8) is 0 Å². The highest BCUT2D eigenvalue weighted by atomic mass is 14.8. The van der Waals surface area contributed by atoms with Crippen LogP contribution in [0.2, 0.25) is 0 Å². The molecular formula is C17H21N2. The molecular weight excluding hydrogens is 232 g/mol. The summed E-state index contributed by atoms with van der Waals surface area (Å²) in [6.07, 6.45) is 3.63. The zero-order valence-corrected chi connectivity index (χ0v) is 11.7. The highest BCUT2D eigenvalue weighted by Gasteiger charge is 2.12. The summed E-state index contributed by atoms with van der Waals surface area (Å²) in [5, 5.41) is 0. The standard InChI is InChI=1S/C17H21N2/c1-13(2)14(3)17-11-16(18-12-19-17)10-9-15-7-5-4-6-8-15/h4-8,11-14H,3,9-10H2,1-2H3. The molecule has 2 aromatic rings. The van der Waals surface area contributed by atoms with Gasteiger partial charge in [-0.25, -0.2) is 9.97 Å². The summed E-state index contributed by atoms with van der Waals surface area (Å²) in [6.45, 7) is 8.52. The third kappa shape index (κ3) is 3.88. The first-order valence-corrected chi connectivity index (χ1v) is 6.84. The van der Waals surface area contributed by atoms with Crippen LogP contribution in [-0.4, -0.2) is 9.97 Å². The Bertz CT molecular complexity index is 506. The van der Waals surface area contributed by atoms with Crippen molar-refractivity contribution in [2.24, 2.45) is 5.92 Å². The van der Waals surface area contributed by atoms with E-state index in [1.54, 1.807) is 6.33 Å². The van der Waals surface area contributed by atoms with Crippen molar-refractivity contribution in [1.29, 1.82) is 0 Å². The largest absolute Gasteiger partial charge is 0.241 e. The van der Waals surface area contributed by atoms with E-state index < -0.39 is 0 Å². The number of benzene rings is 1. The van der Waals surface area contributed by atoms with Gasteiger partial charge in [0.25, 0.3) is 0 Å². The maximum absolute atomic E-state index is 4.36. The van der Waals surface area contributed by atoms with E-state index in [4.69, 9.17) is 0 Å². The molecule has 0 N–H and O–H groups in total. The fraction of sp³-hybridized carbons (Fsp3) is 0.353. The van der Waals surface area contributed by atoms with Gasteiger partial charge in [-0.15, -0.1) is 0 Å². The van der Waals surface area contributed by atoms with Crippen LogP contribution in [0.3, 0.4) is 0 Å². The fourth-order valence-electron chi connectivity index (χ4n) is 2.01. The van der Waals surface area contributed by atoms with Gasteiger partial charge in [0, 0.05) is 17.3 Å². The first-order valence-electron chi connectivity index (χ1n) is 6.84. The number of nitrogens with zero attached hydrogens (tertiary/aromatic N) is 2. The van der Waals surface area contributed by atoms with Crippen molar-refractivity contribution in [3.05, 3.63) is 66.6 Å². The smallest absolute Gasteiger partial charge is 0.115 e. The second-order valence-electron chi connectivity index (χ2n) is 5.27. The van der Waals surface area contributed by atoms with Gasteiger partial charge >= 0.3 is 0 Å². The monoisotopic (exact) mass is 253 g/mol. The van der Waals surface area contributed by atoms with Crippen LogP contribution in [0.15, 0.2) is 42.7 Å². The lowest BCUT2D eigenvalue weighted by Crippen LogP contribution is -2.06. The molecule has 0 fully saturated rings. The first kappa shape index (κ1) is 13.7. The van der Waals surface area contributed by atoms with Gasteiger partial charge in [0.2, 0.25) is 0 Å². The van der Waals surface area contributed by atoms with Crippen molar-refractivity contribution in [1.82, 2.24) is 9.97 Å². The van der Waals surface area contributed by atoms with Crippen LogP contribution >= 0.6 is 0 Å². The minimum atomic E-state index is 0.235. The molecule has 0 bridgehead atoms. The fourth-order valence-corrected chi connectivity index (χ4v) is 2.01. The quantitative estimate of drug-likeness (QED) is 0.809. The molecule has 1 heterocycles. The average Bonchev–Trinajstić information content (AvgIpc) is 2.45. The second-order valence-corrected chi connectivity index (χ2v) is 5.27. The van der Waals surface area contributed by atoms with Crippen molar-refractivity contribution in [2.75, 3.05) is 0 Å². The predicted molar refractivity (Wildman–Crippen MR) is 78.8 cm³/mol. The molecule has 2 nitrogen and oxygen atoms in total. The molecule has 0 spiro atoms. The molecule has 1 atom stereocenters. The summed E-state index contributed by atoms with van der Waals surface area (Å²) >= 11 is 0. The minimum absolute atomic E-state index is 0.235. The summed E-state index contributed by atoms with van der Waals surface area (Å²) in [6, 6.07) is 12.6. The lowest BCUT2D eigenvalue weighted by Gasteiger charge is -2.15. The van der Waals surface area contributed by atoms with Crippen molar-refractivity contribution in [2.45, 2.75) is 32.6 Å². The van der Waals surface area contributed by atoms with Gasteiger partial charge in [-0.1, -0.05) is 44.2 Å². The van der Waals surface area contributed by atoms with E-state index in [-0.39, 0.29) is 5.92 Å². The van der Waals surface area contributed by atoms with Gasteiger partial charge in [-0.05, 0) is 37.3 Å². The maximum Gasteiger partial charge on any atom is 0.115 e. The predicted octanol–water partition coefficient (Wildman–Crippen LogP) is 3.84. The van der Waals surface area contributed by atoms with E-state index >= 15 is 0 Å². The average molecular weight is 253 g/mol. The molecule has 2 rings (SSSR count). The first-order chi connectivity index (χ1) is 9.16. The molecule has 1 radical (unpaired) electrons. The summed E-state index contributed by atoms with van der Waals surface area (Å²) in [5.41, 5.74) is 3.49. The summed E-state index contributed by atoms with van der Waals surface area (Å²) in [4.78, 5) is 8.70. The Balaban J connectivity index is 2.03. The highest BCUT2D eigenvalue weighted by molar-refractivity contribution is 5.18. The second kappa shape index (κ2) is 6.46. The Morgan fingerprint density at radius 1 is 1.05 bits per heavy atom. The van der Waals surface area contributed by atoms with E-state index in [2.05, 4.69) is 61.1 Å². The number of hydrogen-bond donors (Lipinski definition) is 0. The van der Waals surface area contributed by atoms with Crippen LogP contribution in [0.25, 0.3) is 0 Å². The van der Waals surface area contributed by atoms with Crippen LogP contribution in [-0.2, 0) is 12.8 Å². The zero-order valence-electron chi connectivity index (χ0n) is 11.7. The van der Waals surface area contributed by atoms with Crippen molar-refractivity contribution < 1.29 is 0 Å². The Kier molecular flexibility index (Phi) is 4.67. The van der Waals surface area contributed by atoms with E-state index in [0.29, 0.717) is 5.92 Å². The van der Waals surface area contributed by atoms with Crippen LogP contribution in [0, 0.1) is 12.8 Å². The van der Waals surface area contributed by atoms with E-state index in [0.717, 1.165) is 24.2 Å². The molecule has 19 heavy (non-hydrogen) atoms. The van der Waals surface area contributed by atoms with Gasteiger partial charge in [0.1, 0.15) is 6.33 Å². The number of hydrogen-bond acceptors (Lipinski definition) is 2. The van der Waals surface area contributed by atoms with E-state index in [9.17, 15) is 0 Å². The molecule has 99 valence electrons. The maximum atomic E-state index is 4.36. The lowest BCUT2D eigenvalue weighted by molar-refractivity contribution is 0.561. The van der Waals surface area contributed by atoms with E-state index in [1.807, 2.05) is 6.07 Å². The van der Waals surface area contributed by atoms with Gasteiger partial charge in [0.15, 0.2) is 0 Å². The molecule has 0 saturated carbocycles. The topological polar surface area (TPSA) is 25.8 Å². The highest BCUT2D eigenvalue weighted by Crippen LogP contribution is 2.21. The Hall–Kier alpha value is -1.70. The Morgan fingerprint density at radius 2 is 1.79 bits per heavy atom. The third-order valence-corrected chi connectivity index (χ3v) is 3.44. The third-order valence-electron chi connectivity index (χ3n) is 3.44. The number of rotatable bonds is 5. The Morgan fingerprint density at radius 3 is 2.47 bits per heavy atom. The van der Waals surface area contributed by atoms with Gasteiger partial charge in [-0.3, -0.25) is 0 Å². The molecule has 2 heteroatoms. The summed E-state index contributed by atoms with van der Waals surface area (Å²) in [7, 11) is 0. The molecule has 0 saturated heterocycles. The summed E-state index contributed by atoms with van der Waals surface area (Å²) < 4.78 is 0. The zero-order chi connectivity index (χ0) is 13.7. The van der Waals surface area contributed by atoms with Crippen LogP contribution in [0.1, 0.15) is 36.7 Å². The van der Waals surface area contributed by atoms with Crippen molar-refractivity contribution >= 4 is 0 Å². The molecule has 1 aromatic heterocycles. The Labute approximate surface area is 115 Å². The molecule has 0 aliphatic rings. The van der Waals surface area contributed by atoms with Gasteiger partial charge < -0.3 is 0 Å².